The molecule has 0 amide bonds. The van der Waals surface area contributed by atoms with E-state index in [1.807, 2.05) is 11.8 Å². The summed E-state index contributed by atoms with van der Waals surface area (Å²) in [6.07, 6.45) is 4.78. The molecule has 1 nitrogen and oxygen atoms in total. The summed E-state index contributed by atoms with van der Waals surface area (Å²) in [5, 5.41) is 3.42. The van der Waals surface area contributed by atoms with Gasteiger partial charge in [0.25, 0.3) is 0 Å². The van der Waals surface area contributed by atoms with E-state index >= 15 is 0 Å². The maximum Gasteiger partial charge on any atom is 0.00237 e. The number of nitrogens with one attached hydrogen (secondary N) is 1. The van der Waals surface area contributed by atoms with Gasteiger partial charge in [0.1, 0.15) is 0 Å². The van der Waals surface area contributed by atoms with Crippen molar-refractivity contribution in [3.63, 3.8) is 0 Å². The standard InChI is InChI=1S/C13H19NS/c1-15-8-7-13(10-14-11-13)9-12-5-3-2-4-6-12/h2-6,14H,7-11H2,1H3. The van der Waals surface area contributed by atoms with Crippen LogP contribution in [0.25, 0.3) is 0 Å². The van der Waals surface area contributed by atoms with E-state index in [9.17, 15) is 0 Å². The fourth-order valence-corrected chi connectivity index (χ4v) is 2.85. The van der Waals surface area contributed by atoms with Crippen LogP contribution in [0.5, 0.6) is 0 Å². The van der Waals surface area contributed by atoms with E-state index in [1.54, 1.807) is 0 Å². The number of thioether (sulfide) groups is 1. The number of hydrogen-bond acceptors (Lipinski definition) is 2. The average Bonchev–Trinajstić information content (AvgIpc) is 2.23. The Hall–Kier alpha value is -0.470. The summed E-state index contributed by atoms with van der Waals surface area (Å²) >= 11 is 1.96. The summed E-state index contributed by atoms with van der Waals surface area (Å²) in [7, 11) is 0. The highest BCUT2D eigenvalue weighted by atomic mass is 32.2. The molecular formula is C13H19NS. The van der Waals surface area contributed by atoms with Crippen molar-refractivity contribution in [3.05, 3.63) is 35.9 Å². The lowest BCUT2D eigenvalue weighted by molar-refractivity contribution is 0.162. The van der Waals surface area contributed by atoms with Crippen LogP contribution < -0.4 is 5.32 Å². The van der Waals surface area contributed by atoms with E-state index in [4.69, 9.17) is 0 Å². The van der Waals surface area contributed by atoms with Crippen molar-refractivity contribution in [2.24, 2.45) is 5.41 Å². The van der Waals surface area contributed by atoms with Gasteiger partial charge in [-0.15, -0.1) is 0 Å². The Kier molecular flexibility index (Phi) is 3.71. The van der Waals surface area contributed by atoms with Gasteiger partial charge >= 0.3 is 0 Å². The maximum absolute atomic E-state index is 3.42. The Morgan fingerprint density at radius 2 is 2.00 bits per heavy atom. The lowest BCUT2D eigenvalue weighted by atomic mass is 9.74. The molecule has 0 radical (unpaired) electrons. The smallest absolute Gasteiger partial charge is 0.00237 e. The summed E-state index contributed by atoms with van der Waals surface area (Å²) in [5.41, 5.74) is 2.03. The number of benzene rings is 1. The van der Waals surface area contributed by atoms with Crippen LogP contribution in [0.15, 0.2) is 30.3 Å². The molecule has 1 aliphatic rings. The third-order valence-corrected chi connectivity index (χ3v) is 3.87. The van der Waals surface area contributed by atoms with E-state index in [2.05, 4.69) is 41.9 Å². The Labute approximate surface area is 96.7 Å². The van der Waals surface area contributed by atoms with Crippen molar-refractivity contribution in [1.82, 2.24) is 5.32 Å². The molecule has 1 aliphatic heterocycles. The summed E-state index contributed by atoms with van der Waals surface area (Å²) in [6, 6.07) is 10.9. The second-order valence-corrected chi connectivity index (χ2v) is 5.49. The molecule has 1 fully saturated rings. The van der Waals surface area contributed by atoms with Crippen LogP contribution in [0.4, 0.5) is 0 Å². The molecule has 82 valence electrons. The lowest BCUT2D eigenvalue weighted by Crippen LogP contribution is -2.54. The van der Waals surface area contributed by atoms with E-state index in [-0.39, 0.29) is 0 Å². The van der Waals surface area contributed by atoms with Gasteiger partial charge in [-0.3, -0.25) is 0 Å². The zero-order chi connectivity index (χ0) is 10.6. The minimum Gasteiger partial charge on any atom is -0.316 e. The maximum atomic E-state index is 3.42. The molecule has 0 spiro atoms. The van der Waals surface area contributed by atoms with E-state index < -0.39 is 0 Å². The molecule has 1 aromatic rings. The number of rotatable bonds is 5. The van der Waals surface area contributed by atoms with Crippen molar-refractivity contribution in [2.45, 2.75) is 12.8 Å². The third-order valence-electron chi connectivity index (χ3n) is 3.26. The molecule has 15 heavy (non-hydrogen) atoms. The Bertz CT molecular complexity index is 293. The van der Waals surface area contributed by atoms with Gasteiger partial charge in [-0.25, -0.2) is 0 Å². The van der Waals surface area contributed by atoms with Gasteiger partial charge < -0.3 is 5.32 Å². The van der Waals surface area contributed by atoms with Crippen molar-refractivity contribution < 1.29 is 0 Å². The first-order valence-corrected chi connectivity index (χ1v) is 6.98. The number of hydrogen-bond donors (Lipinski definition) is 1. The Morgan fingerprint density at radius 1 is 1.27 bits per heavy atom. The van der Waals surface area contributed by atoms with E-state index in [0.29, 0.717) is 5.41 Å². The fourth-order valence-electron chi connectivity index (χ4n) is 2.22. The molecule has 2 rings (SSSR count). The normalized spacial score (nSPS) is 18.5. The van der Waals surface area contributed by atoms with Gasteiger partial charge in [-0.2, -0.15) is 11.8 Å². The molecule has 2 heteroatoms. The van der Waals surface area contributed by atoms with Crippen LogP contribution in [-0.4, -0.2) is 25.1 Å². The quantitative estimate of drug-likeness (QED) is 0.820. The Morgan fingerprint density at radius 3 is 2.53 bits per heavy atom. The largest absolute Gasteiger partial charge is 0.316 e. The second kappa shape index (κ2) is 5.04. The van der Waals surface area contributed by atoms with Gasteiger partial charge in [0.2, 0.25) is 0 Å². The summed E-state index contributed by atoms with van der Waals surface area (Å²) in [5.74, 6) is 1.29. The molecule has 1 aromatic carbocycles. The molecule has 1 N–H and O–H groups in total. The molecule has 0 unspecified atom stereocenters. The van der Waals surface area contributed by atoms with Crippen LogP contribution in [0, 0.1) is 5.41 Å². The van der Waals surface area contributed by atoms with Crippen molar-refractivity contribution in [3.8, 4) is 0 Å². The van der Waals surface area contributed by atoms with Gasteiger partial charge in [0.05, 0.1) is 0 Å². The third kappa shape index (κ3) is 2.76. The van der Waals surface area contributed by atoms with Gasteiger partial charge in [0, 0.05) is 18.5 Å². The molecule has 0 aromatic heterocycles. The summed E-state index contributed by atoms with van der Waals surface area (Å²) < 4.78 is 0. The molecule has 0 aliphatic carbocycles. The predicted molar refractivity (Wildman–Crippen MR) is 68.4 cm³/mol. The van der Waals surface area contributed by atoms with Gasteiger partial charge in [0.15, 0.2) is 0 Å². The fraction of sp³-hybridized carbons (Fsp3) is 0.538. The first-order chi connectivity index (χ1) is 7.35. The molecule has 0 bridgehead atoms. The average molecular weight is 221 g/mol. The van der Waals surface area contributed by atoms with Crippen LogP contribution in [0.2, 0.25) is 0 Å². The first kappa shape index (κ1) is 11.0. The van der Waals surface area contributed by atoms with E-state index in [1.165, 1.54) is 37.2 Å². The van der Waals surface area contributed by atoms with E-state index in [0.717, 1.165) is 0 Å². The zero-order valence-corrected chi connectivity index (χ0v) is 10.1. The molecular weight excluding hydrogens is 202 g/mol. The molecule has 1 saturated heterocycles. The van der Waals surface area contributed by atoms with Gasteiger partial charge in [-0.1, -0.05) is 30.3 Å². The molecule has 0 atom stereocenters. The SMILES string of the molecule is CSCCC1(Cc2ccccc2)CNC1. The van der Waals surface area contributed by atoms with Crippen LogP contribution in [-0.2, 0) is 6.42 Å². The topological polar surface area (TPSA) is 12.0 Å². The minimum absolute atomic E-state index is 0.546. The highest BCUT2D eigenvalue weighted by molar-refractivity contribution is 7.98. The van der Waals surface area contributed by atoms with Gasteiger partial charge in [-0.05, 0) is 30.4 Å². The van der Waals surface area contributed by atoms with Crippen molar-refractivity contribution in [1.29, 1.82) is 0 Å². The minimum atomic E-state index is 0.546. The summed E-state index contributed by atoms with van der Waals surface area (Å²) in [4.78, 5) is 0. The predicted octanol–water partition coefficient (Wildman–Crippen LogP) is 2.57. The van der Waals surface area contributed by atoms with Crippen LogP contribution >= 0.6 is 11.8 Å². The first-order valence-electron chi connectivity index (χ1n) is 5.58. The molecule has 0 saturated carbocycles. The highest BCUT2D eigenvalue weighted by Crippen LogP contribution is 2.32. The Balaban J connectivity index is 1.96. The van der Waals surface area contributed by atoms with Crippen LogP contribution in [0.3, 0.4) is 0 Å². The van der Waals surface area contributed by atoms with Crippen molar-refractivity contribution in [2.75, 3.05) is 25.1 Å². The monoisotopic (exact) mass is 221 g/mol. The molecule has 1 heterocycles. The highest BCUT2D eigenvalue weighted by Gasteiger charge is 2.35. The van der Waals surface area contributed by atoms with Crippen LogP contribution in [0.1, 0.15) is 12.0 Å². The summed E-state index contributed by atoms with van der Waals surface area (Å²) in [6.45, 7) is 2.39. The lowest BCUT2D eigenvalue weighted by Gasteiger charge is -2.43. The second-order valence-electron chi connectivity index (χ2n) is 4.51. The van der Waals surface area contributed by atoms with Crippen molar-refractivity contribution >= 4 is 11.8 Å². The zero-order valence-electron chi connectivity index (χ0n) is 9.33.